The zero-order valence-electron chi connectivity index (χ0n) is 17.3. The Hall–Kier alpha value is -3.40. The Bertz CT molecular complexity index is 965. The standard InChI is InChI=1S/C20H25N5O5/c1-11(2)25-12(3)18(27)24(4)15-10-21-20(23-17(15)25)22-14-6-5-13(19(28)29)9-16(14)30-8-7-26/h5-6,9-12,26H,7-8H2,1-4H3,(H,28,29)(H,21,22,23)/t12-/m1/s1. The highest BCUT2D eigenvalue weighted by Gasteiger charge is 2.36. The predicted molar refractivity (Wildman–Crippen MR) is 112 cm³/mol. The average Bonchev–Trinajstić information content (AvgIpc) is 2.71. The molecule has 1 aliphatic rings. The molecule has 0 unspecified atom stereocenters. The number of hydrogen-bond acceptors (Lipinski definition) is 8. The monoisotopic (exact) mass is 415 g/mol. The first-order valence-corrected chi connectivity index (χ1v) is 9.55. The molecule has 10 heteroatoms. The second-order valence-electron chi connectivity index (χ2n) is 7.19. The number of carbonyl (C=O) groups excluding carboxylic acids is 1. The van der Waals surface area contributed by atoms with Crippen LogP contribution in [0, 0.1) is 0 Å². The van der Waals surface area contributed by atoms with E-state index >= 15 is 0 Å². The van der Waals surface area contributed by atoms with Crippen LogP contribution in [0.4, 0.5) is 23.1 Å². The van der Waals surface area contributed by atoms with Gasteiger partial charge in [0.25, 0.3) is 0 Å². The van der Waals surface area contributed by atoms with E-state index in [0.717, 1.165) is 0 Å². The molecule has 1 amide bonds. The van der Waals surface area contributed by atoms with Crippen molar-refractivity contribution in [3.05, 3.63) is 30.0 Å². The van der Waals surface area contributed by atoms with Crippen molar-refractivity contribution < 1.29 is 24.5 Å². The van der Waals surface area contributed by atoms with E-state index in [1.165, 1.54) is 12.1 Å². The molecule has 30 heavy (non-hydrogen) atoms. The zero-order valence-corrected chi connectivity index (χ0v) is 17.3. The van der Waals surface area contributed by atoms with Crippen molar-refractivity contribution in [2.45, 2.75) is 32.9 Å². The number of fused-ring (bicyclic) bond motifs is 1. The lowest BCUT2D eigenvalue weighted by Crippen LogP contribution is -2.53. The maximum atomic E-state index is 12.5. The number of carbonyl (C=O) groups is 2. The van der Waals surface area contributed by atoms with Crippen molar-refractivity contribution in [3.8, 4) is 5.75 Å². The van der Waals surface area contributed by atoms with Crippen LogP contribution in [0.25, 0.3) is 0 Å². The summed E-state index contributed by atoms with van der Waals surface area (Å²) in [5.74, 6) is 0.0224. The molecule has 0 saturated carbocycles. The lowest BCUT2D eigenvalue weighted by Gasteiger charge is -2.41. The van der Waals surface area contributed by atoms with E-state index in [1.54, 1.807) is 24.2 Å². The molecular formula is C20H25N5O5. The van der Waals surface area contributed by atoms with Crippen molar-refractivity contribution in [3.63, 3.8) is 0 Å². The van der Waals surface area contributed by atoms with Gasteiger partial charge in [-0.2, -0.15) is 4.98 Å². The Morgan fingerprint density at radius 3 is 2.73 bits per heavy atom. The highest BCUT2D eigenvalue weighted by atomic mass is 16.5. The largest absolute Gasteiger partial charge is 0.489 e. The number of carboxylic acid groups (broad SMARTS) is 1. The predicted octanol–water partition coefficient (Wildman–Crippen LogP) is 1.87. The molecule has 0 spiro atoms. The summed E-state index contributed by atoms with van der Waals surface area (Å²) in [4.78, 5) is 36.2. The molecule has 1 aromatic heterocycles. The minimum absolute atomic E-state index is 0.00828. The minimum atomic E-state index is -1.09. The minimum Gasteiger partial charge on any atom is -0.489 e. The molecule has 10 nitrogen and oxygen atoms in total. The Morgan fingerprint density at radius 1 is 1.37 bits per heavy atom. The van der Waals surface area contributed by atoms with Gasteiger partial charge in [0.1, 0.15) is 24.1 Å². The number of hydrogen-bond donors (Lipinski definition) is 3. The summed E-state index contributed by atoms with van der Waals surface area (Å²) in [6, 6.07) is 4.02. The van der Waals surface area contributed by atoms with Crippen LogP contribution in [-0.2, 0) is 4.79 Å². The van der Waals surface area contributed by atoms with E-state index in [4.69, 9.17) is 9.84 Å². The number of aliphatic hydroxyl groups is 1. The molecule has 0 aliphatic carbocycles. The van der Waals surface area contributed by atoms with Crippen molar-refractivity contribution in [1.29, 1.82) is 0 Å². The topological polar surface area (TPSA) is 128 Å². The first kappa shape index (κ1) is 21.3. The normalized spacial score (nSPS) is 15.9. The molecule has 2 heterocycles. The second kappa shape index (κ2) is 8.54. The number of rotatable bonds is 7. The number of ether oxygens (including phenoxy) is 1. The highest BCUT2D eigenvalue weighted by Crippen LogP contribution is 2.36. The molecular weight excluding hydrogens is 390 g/mol. The SMILES string of the molecule is CC(C)N1c2nc(Nc3ccc(C(=O)O)cc3OCCO)ncc2N(C)C(=O)[C@H]1C. The highest BCUT2D eigenvalue weighted by molar-refractivity contribution is 6.04. The number of carboxylic acids is 1. The first-order chi connectivity index (χ1) is 14.2. The fourth-order valence-corrected chi connectivity index (χ4v) is 3.40. The number of amides is 1. The summed E-state index contributed by atoms with van der Waals surface area (Å²) in [5, 5.41) is 21.3. The first-order valence-electron chi connectivity index (χ1n) is 9.55. The van der Waals surface area contributed by atoms with Gasteiger partial charge in [-0.25, -0.2) is 9.78 Å². The molecule has 160 valence electrons. The summed E-state index contributed by atoms with van der Waals surface area (Å²) in [6.45, 7) is 5.60. The van der Waals surface area contributed by atoms with Crippen LogP contribution in [0.1, 0.15) is 31.1 Å². The number of aliphatic hydroxyl groups excluding tert-OH is 1. The molecule has 3 N–H and O–H groups in total. The number of likely N-dealkylation sites (N-methyl/N-ethyl adjacent to an activating group) is 1. The molecule has 2 aromatic rings. The third-order valence-corrected chi connectivity index (χ3v) is 4.84. The van der Waals surface area contributed by atoms with Crippen LogP contribution < -0.4 is 19.9 Å². The number of nitrogens with one attached hydrogen (secondary N) is 1. The Balaban J connectivity index is 1.99. The van der Waals surface area contributed by atoms with Gasteiger partial charge in [-0.1, -0.05) is 0 Å². The van der Waals surface area contributed by atoms with Crippen molar-refractivity contribution in [2.24, 2.45) is 0 Å². The van der Waals surface area contributed by atoms with Crippen molar-refractivity contribution >= 4 is 35.0 Å². The van der Waals surface area contributed by atoms with Crippen LogP contribution in [0.3, 0.4) is 0 Å². The summed E-state index contributed by atoms with van der Waals surface area (Å²) < 4.78 is 5.47. The Kier molecular flexibility index (Phi) is 6.06. The van der Waals surface area contributed by atoms with Crippen LogP contribution in [0.2, 0.25) is 0 Å². The average molecular weight is 415 g/mol. The third kappa shape index (κ3) is 3.99. The van der Waals surface area contributed by atoms with Crippen molar-refractivity contribution in [2.75, 3.05) is 35.4 Å². The summed E-state index contributed by atoms with van der Waals surface area (Å²) in [5.41, 5.74) is 1.12. The quantitative estimate of drug-likeness (QED) is 0.621. The van der Waals surface area contributed by atoms with Crippen LogP contribution in [0.15, 0.2) is 24.4 Å². The summed E-state index contributed by atoms with van der Waals surface area (Å²) in [6.07, 6.45) is 1.57. The third-order valence-electron chi connectivity index (χ3n) is 4.84. The van der Waals surface area contributed by atoms with E-state index in [9.17, 15) is 14.7 Å². The number of aromatic nitrogens is 2. The smallest absolute Gasteiger partial charge is 0.335 e. The van der Waals surface area contributed by atoms with E-state index in [1.807, 2.05) is 25.7 Å². The van der Waals surface area contributed by atoms with Gasteiger partial charge in [-0.15, -0.1) is 0 Å². The van der Waals surface area contributed by atoms with Crippen LogP contribution in [-0.4, -0.2) is 64.4 Å². The molecule has 0 fully saturated rings. The van der Waals surface area contributed by atoms with E-state index in [0.29, 0.717) is 17.2 Å². The van der Waals surface area contributed by atoms with Gasteiger partial charge in [0.2, 0.25) is 11.9 Å². The summed E-state index contributed by atoms with van der Waals surface area (Å²) >= 11 is 0. The molecule has 0 radical (unpaired) electrons. The number of benzene rings is 1. The van der Waals surface area contributed by atoms with Crippen LogP contribution >= 0.6 is 0 Å². The van der Waals surface area contributed by atoms with Crippen LogP contribution in [0.5, 0.6) is 5.75 Å². The lowest BCUT2D eigenvalue weighted by molar-refractivity contribution is -0.119. The fraction of sp³-hybridized carbons (Fsp3) is 0.400. The van der Waals surface area contributed by atoms with Gasteiger partial charge in [0.15, 0.2) is 5.82 Å². The van der Waals surface area contributed by atoms with Gasteiger partial charge in [0.05, 0.1) is 24.1 Å². The number of aromatic carboxylic acids is 1. The van der Waals surface area contributed by atoms with Gasteiger partial charge >= 0.3 is 5.97 Å². The van der Waals surface area contributed by atoms with E-state index in [2.05, 4.69) is 15.3 Å². The molecule has 3 rings (SSSR count). The Morgan fingerprint density at radius 2 is 2.10 bits per heavy atom. The molecule has 1 aliphatic heterocycles. The van der Waals surface area contributed by atoms with Gasteiger partial charge in [-0.3, -0.25) is 4.79 Å². The van der Waals surface area contributed by atoms with Crippen molar-refractivity contribution in [1.82, 2.24) is 9.97 Å². The van der Waals surface area contributed by atoms with E-state index < -0.39 is 5.97 Å². The van der Waals surface area contributed by atoms with Gasteiger partial charge < -0.3 is 30.1 Å². The Labute approximate surface area is 174 Å². The maximum absolute atomic E-state index is 12.5. The molecule has 0 saturated heterocycles. The molecule has 1 atom stereocenters. The van der Waals surface area contributed by atoms with Gasteiger partial charge in [0, 0.05) is 13.1 Å². The summed E-state index contributed by atoms with van der Waals surface area (Å²) in [7, 11) is 1.69. The molecule has 1 aromatic carbocycles. The maximum Gasteiger partial charge on any atom is 0.335 e. The zero-order chi connectivity index (χ0) is 22.0. The lowest BCUT2D eigenvalue weighted by atomic mass is 10.1. The number of anilines is 4. The second-order valence-corrected chi connectivity index (χ2v) is 7.19. The number of nitrogens with zero attached hydrogens (tertiary/aromatic N) is 4. The molecule has 0 bridgehead atoms. The van der Waals surface area contributed by atoms with E-state index in [-0.39, 0.29) is 48.5 Å². The fourth-order valence-electron chi connectivity index (χ4n) is 3.40. The van der Waals surface area contributed by atoms with Gasteiger partial charge in [-0.05, 0) is 39.0 Å².